The molecule has 2 amide bonds. The third-order valence-corrected chi connectivity index (χ3v) is 6.56. The maximum absolute atomic E-state index is 13.4. The highest BCUT2D eigenvalue weighted by Gasteiger charge is 2.52. The van der Waals surface area contributed by atoms with Gasteiger partial charge in [0.2, 0.25) is 5.91 Å². The highest BCUT2D eigenvalue weighted by molar-refractivity contribution is 5.94. The molecule has 170 valence electrons. The standard InChI is InChI=1S/C27H33NO4/c1-18(2)25-27(3,4)32-26(30)28(25)24(29)16-23(20-13-14-20)21-11-8-12-22(15-21)31-17-19-9-6-5-7-10-19/h5-12,15,18,20,23,25H,13-14,16-17H2,1-4H3. The Morgan fingerprint density at radius 1 is 1.12 bits per heavy atom. The lowest BCUT2D eigenvalue weighted by Gasteiger charge is -2.31. The molecule has 32 heavy (non-hydrogen) atoms. The fourth-order valence-corrected chi connectivity index (χ4v) is 5.03. The van der Waals surface area contributed by atoms with E-state index in [-0.39, 0.29) is 23.8 Å². The van der Waals surface area contributed by atoms with Gasteiger partial charge in [-0.2, -0.15) is 0 Å². The Morgan fingerprint density at radius 3 is 2.50 bits per heavy atom. The van der Waals surface area contributed by atoms with E-state index >= 15 is 0 Å². The Labute approximate surface area is 190 Å². The van der Waals surface area contributed by atoms with E-state index in [9.17, 15) is 9.59 Å². The molecule has 1 saturated carbocycles. The Kier molecular flexibility index (Phi) is 6.27. The number of carbonyl (C=O) groups excluding carboxylic acids is 2. The summed E-state index contributed by atoms with van der Waals surface area (Å²) < 4.78 is 11.6. The molecule has 2 unspecified atom stereocenters. The van der Waals surface area contributed by atoms with E-state index in [0.29, 0.717) is 18.9 Å². The number of amides is 2. The van der Waals surface area contributed by atoms with Crippen LogP contribution in [0.3, 0.4) is 0 Å². The summed E-state index contributed by atoms with van der Waals surface area (Å²) in [6.07, 6.45) is 2.00. The maximum atomic E-state index is 13.4. The molecule has 2 aromatic rings. The van der Waals surface area contributed by atoms with Crippen LogP contribution in [0.4, 0.5) is 4.79 Å². The summed E-state index contributed by atoms with van der Waals surface area (Å²) >= 11 is 0. The van der Waals surface area contributed by atoms with Crippen LogP contribution in [0.2, 0.25) is 0 Å². The SMILES string of the molecule is CC(C)C1N(C(=O)CC(c2cccc(OCc3ccccc3)c2)C2CC2)C(=O)OC1(C)C. The number of carbonyl (C=O) groups is 2. The van der Waals surface area contributed by atoms with E-state index in [1.807, 2.05) is 76.2 Å². The van der Waals surface area contributed by atoms with Crippen LogP contribution in [0.5, 0.6) is 5.75 Å². The van der Waals surface area contributed by atoms with E-state index in [1.54, 1.807) is 0 Å². The van der Waals surface area contributed by atoms with E-state index < -0.39 is 11.7 Å². The van der Waals surface area contributed by atoms with Gasteiger partial charge in [-0.1, -0.05) is 56.3 Å². The first-order valence-corrected chi connectivity index (χ1v) is 11.6. The van der Waals surface area contributed by atoms with Crippen LogP contribution in [0.15, 0.2) is 54.6 Å². The molecule has 5 nitrogen and oxygen atoms in total. The van der Waals surface area contributed by atoms with Gasteiger partial charge in [0.15, 0.2) is 0 Å². The molecule has 4 rings (SSSR count). The van der Waals surface area contributed by atoms with Gasteiger partial charge in [0.1, 0.15) is 18.0 Å². The van der Waals surface area contributed by atoms with Crippen molar-refractivity contribution < 1.29 is 19.1 Å². The molecular formula is C27H33NO4. The zero-order chi connectivity index (χ0) is 22.9. The lowest BCUT2D eigenvalue weighted by atomic mass is 9.87. The van der Waals surface area contributed by atoms with Crippen molar-refractivity contribution in [2.24, 2.45) is 11.8 Å². The van der Waals surface area contributed by atoms with Crippen molar-refractivity contribution >= 4 is 12.0 Å². The first-order valence-electron chi connectivity index (χ1n) is 11.6. The number of nitrogens with zero attached hydrogens (tertiary/aromatic N) is 1. The van der Waals surface area contributed by atoms with Crippen molar-refractivity contribution in [3.8, 4) is 5.75 Å². The van der Waals surface area contributed by atoms with Crippen molar-refractivity contribution in [1.29, 1.82) is 0 Å². The van der Waals surface area contributed by atoms with Crippen LogP contribution in [-0.4, -0.2) is 28.5 Å². The fraction of sp³-hybridized carbons (Fsp3) is 0.481. The lowest BCUT2D eigenvalue weighted by Crippen LogP contribution is -2.48. The van der Waals surface area contributed by atoms with Gasteiger partial charge < -0.3 is 9.47 Å². The Balaban J connectivity index is 1.49. The number of cyclic esters (lactones) is 1. The second-order valence-corrected chi connectivity index (χ2v) is 9.92. The Morgan fingerprint density at radius 2 is 1.84 bits per heavy atom. The monoisotopic (exact) mass is 435 g/mol. The summed E-state index contributed by atoms with van der Waals surface area (Å²) in [5, 5.41) is 0. The molecule has 1 aliphatic heterocycles. The summed E-state index contributed by atoms with van der Waals surface area (Å²) in [6.45, 7) is 8.33. The third-order valence-electron chi connectivity index (χ3n) is 6.56. The van der Waals surface area contributed by atoms with Gasteiger partial charge in [-0.3, -0.25) is 4.79 Å². The van der Waals surface area contributed by atoms with E-state index in [1.165, 1.54) is 4.90 Å². The minimum atomic E-state index is -0.679. The highest BCUT2D eigenvalue weighted by atomic mass is 16.6. The lowest BCUT2D eigenvalue weighted by molar-refractivity contribution is -0.131. The van der Waals surface area contributed by atoms with Crippen LogP contribution in [0, 0.1) is 11.8 Å². The molecule has 5 heteroatoms. The van der Waals surface area contributed by atoms with E-state index in [2.05, 4.69) is 6.07 Å². The van der Waals surface area contributed by atoms with Gasteiger partial charge in [0.05, 0.1) is 6.04 Å². The number of benzene rings is 2. The van der Waals surface area contributed by atoms with Crippen molar-refractivity contribution in [1.82, 2.24) is 4.90 Å². The number of ether oxygens (including phenoxy) is 2. The Bertz CT molecular complexity index is 965. The van der Waals surface area contributed by atoms with Crippen LogP contribution in [0.1, 0.15) is 64.0 Å². The quantitative estimate of drug-likeness (QED) is 0.516. The van der Waals surface area contributed by atoms with Crippen molar-refractivity contribution in [3.05, 3.63) is 65.7 Å². The van der Waals surface area contributed by atoms with Gasteiger partial charge in [-0.15, -0.1) is 0 Å². The molecule has 2 atom stereocenters. The summed E-state index contributed by atoms with van der Waals surface area (Å²) in [6, 6.07) is 17.9. The van der Waals surface area contributed by atoms with Gasteiger partial charge in [-0.25, -0.2) is 9.69 Å². The van der Waals surface area contributed by atoms with E-state index in [0.717, 1.165) is 29.7 Å². The number of hydrogen-bond donors (Lipinski definition) is 0. The second kappa shape index (κ2) is 8.97. The van der Waals surface area contributed by atoms with Gasteiger partial charge in [0, 0.05) is 6.42 Å². The third kappa shape index (κ3) is 4.82. The molecule has 2 aromatic carbocycles. The van der Waals surface area contributed by atoms with Crippen LogP contribution in [-0.2, 0) is 16.1 Å². The van der Waals surface area contributed by atoms with Gasteiger partial charge >= 0.3 is 6.09 Å². The first-order chi connectivity index (χ1) is 15.3. The summed E-state index contributed by atoms with van der Waals surface area (Å²) in [4.78, 5) is 27.3. The van der Waals surface area contributed by atoms with Crippen molar-refractivity contribution in [2.45, 2.75) is 71.1 Å². The molecule has 2 aliphatic rings. The van der Waals surface area contributed by atoms with Crippen molar-refractivity contribution in [3.63, 3.8) is 0 Å². The average molecular weight is 436 g/mol. The number of hydrogen-bond acceptors (Lipinski definition) is 4. The summed E-state index contributed by atoms with van der Waals surface area (Å²) in [7, 11) is 0. The van der Waals surface area contributed by atoms with Gasteiger partial charge in [0.25, 0.3) is 0 Å². The number of rotatable bonds is 8. The molecule has 2 fully saturated rings. The van der Waals surface area contributed by atoms with Crippen LogP contribution in [0.25, 0.3) is 0 Å². The summed E-state index contributed by atoms with van der Waals surface area (Å²) in [5.74, 6) is 1.31. The molecule has 1 saturated heterocycles. The largest absolute Gasteiger partial charge is 0.489 e. The van der Waals surface area contributed by atoms with Crippen molar-refractivity contribution in [2.75, 3.05) is 0 Å². The molecular weight excluding hydrogens is 402 g/mol. The molecule has 0 N–H and O–H groups in total. The molecule has 0 bridgehead atoms. The fourth-order valence-electron chi connectivity index (χ4n) is 5.03. The average Bonchev–Trinajstić information content (AvgIpc) is 3.55. The second-order valence-electron chi connectivity index (χ2n) is 9.92. The first kappa shape index (κ1) is 22.4. The van der Waals surface area contributed by atoms with Gasteiger partial charge in [-0.05, 0) is 67.7 Å². The minimum Gasteiger partial charge on any atom is -0.489 e. The topological polar surface area (TPSA) is 55.8 Å². The molecule has 0 aromatic heterocycles. The minimum absolute atomic E-state index is 0.0760. The normalized spacial score (nSPS) is 20.8. The maximum Gasteiger partial charge on any atom is 0.417 e. The van der Waals surface area contributed by atoms with Crippen LogP contribution < -0.4 is 4.74 Å². The predicted molar refractivity (Wildman–Crippen MR) is 123 cm³/mol. The Hall–Kier alpha value is -2.82. The molecule has 1 aliphatic carbocycles. The van der Waals surface area contributed by atoms with E-state index in [4.69, 9.17) is 9.47 Å². The summed E-state index contributed by atoms with van der Waals surface area (Å²) in [5.41, 5.74) is 1.53. The predicted octanol–water partition coefficient (Wildman–Crippen LogP) is 5.93. The highest BCUT2D eigenvalue weighted by Crippen LogP contribution is 2.46. The molecule has 0 spiro atoms. The number of imide groups is 1. The zero-order valence-electron chi connectivity index (χ0n) is 19.4. The molecule has 0 radical (unpaired) electrons. The smallest absolute Gasteiger partial charge is 0.417 e. The zero-order valence-corrected chi connectivity index (χ0v) is 19.4. The molecule has 1 heterocycles. The van der Waals surface area contributed by atoms with Crippen LogP contribution >= 0.6 is 0 Å².